The van der Waals surface area contributed by atoms with Crippen LogP contribution >= 0.6 is 0 Å². The van der Waals surface area contributed by atoms with Crippen LogP contribution in [0.3, 0.4) is 0 Å². The van der Waals surface area contributed by atoms with Gasteiger partial charge in [0.2, 0.25) is 5.91 Å². The van der Waals surface area contributed by atoms with Gasteiger partial charge in [-0.05, 0) is 57.0 Å². The first-order valence-corrected chi connectivity index (χ1v) is 8.94. The highest BCUT2D eigenvalue weighted by Crippen LogP contribution is 2.46. The Morgan fingerprint density at radius 3 is 2.14 bits per heavy atom. The Bertz CT molecular complexity index is 349. The molecule has 2 saturated heterocycles. The van der Waals surface area contributed by atoms with Crippen LogP contribution in [0.5, 0.6) is 0 Å². The summed E-state index contributed by atoms with van der Waals surface area (Å²) in [6.45, 7) is 4.83. The van der Waals surface area contributed by atoms with Crippen molar-refractivity contribution in [2.75, 3.05) is 32.7 Å². The molecule has 2 aliphatic heterocycles. The minimum Gasteiger partial charge on any atom is -0.343 e. The summed E-state index contributed by atoms with van der Waals surface area (Å²) in [5, 5.41) is 0. The first-order chi connectivity index (χ1) is 10.2. The van der Waals surface area contributed by atoms with E-state index in [2.05, 4.69) is 4.90 Å². The average molecular weight is 293 g/mol. The monoisotopic (exact) mass is 293 g/mol. The largest absolute Gasteiger partial charge is 0.343 e. The lowest BCUT2D eigenvalue weighted by atomic mass is 9.76. The quantitative estimate of drug-likeness (QED) is 0.862. The number of piperidine rings is 1. The van der Waals surface area contributed by atoms with Crippen LogP contribution in [0.2, 0.25) is 0 Å². The lowest BCUT2D eigenvalue weighted by Crippen LogP contribution is -2.49. The number of rotatable bonds is 4. The van der Waals surface area contributed by atoms with Crippen LogP contribution in [0.25, 0.3) is 0 Å². The van der Waals surface area contributed by atoms with Gasteiger partial charge in [-0.1, -0.05) is 12.8 Å². The van der Waals surface area contributed by atoms with Crippen LogP contribution < -0.4 is 5.73 Å². The third-order valence-electron chi connectivity index (χ3n) is 6.18. The van der Waals surface area contributed by atoms with Crippen molar-refractivity contribution in [3.05, 3.63) is 0 Å². The minimum absolute atomic E-state index is 0.261. The van der Waals surface area contributed by atoms with Crippen molar-refractivity contribution in [1.29, 1.82) is 0 Å². The second-order valence-corrected chi connectivity index (χ2v) is 7.42. The fourth-order valence-corrected chi connectivity index (χ4v) is 4.65. The van der Waals surface area contributed by atoms with Gasteiger partial charge in [-0.3, -0.25) is 9.69 Å². The number of nitrogens with zero attached hydrogens (tertiary/aromatic N) is 2. The summed E-state index contributed by atoms with van der Waals surface area (Å²) in [4.78, 5) is 16.9. The number of hydrogen-bond acceptors (Lipinski definition) is 3. The average Bonchev–Trinajstić information content (AvgIpc) is 3.18. The van der Waals surface area contributed by atoms with E-state index in [1.165, 1.54) is 51.4 Å². The normalized spacial score (nSPS) is 27.4. The van der Waals surface area contributed by atoms with Crippen molar-refractivity contribution >= 4 is 5.91 Å². The van der Waals surface area contributed by atoms with Crippen molar-refractivity contribution in [3.63, 3.8) is 0 Å². The highest BCUT2D eigenvalue weighted by Gasteiger charge is 2.38. The first-order valence-electron chi connectivity index (χ1n) is 8.94. The summed E-state index contributed by atoms with van der Waals surface area (Å²) in [6, 6.07) is 0.261. The number of hydrogen-bond donors (Lipinski definition) is 1. The summed E-state index contributed by atoms with van der Waals surface area (Å²) in [6.07, 6.45) is 11.3. The van der Waals surface area contributed by atoms with E-state index in [0.717, 1.165) is 26.2 Å². The van der Waals surface area contributed by atoms with Gasteiger partial charge in [0.1, 0.15) is 0 Å². The molecule has 1 unspecified atom stereocenters. The molecule has 3 aliphatic rings. The maximum Gasteiger partial charge on any atom is 0.224 e. The third kappa shape index (κ3) is 3.42. The molecule has 21 heavy (non-hydrogen) atoms. The Balaban J connectivity index is 1.51. The van der Waals surface area contributed by atoms with Crippen LogP contribution in [0.15, 0.2) is 0 Å². The zero-order valence-electron chi connectivity index (χ0n) is 13.4. The molecule has 0 aromatic carbocycles. The van der Waals surface area contributed by atoms with Gasteiger partial charge in [-0.15, -0.1) is 0 Å². The summed E-state index contributed by atoms with van der Waals surface area (Å²) >= 11 is 0. The lowest BCUT2D eigenvalue weighted by Gasteiger charge is -2.42. The maximum atomic E-state index is 12.4. The molecule has 1 amide bonds. The Labute approximate surface area is 129 Å². The summed E-state index contributed by atoms with van der Waals surface area (Å²) in [5.74, 6) is 0.323. The summed E-state index contributed by atoms with van der Waals surface area (Å²) in [7, 11) is 0. The number of likely N-dealkylation sites (tertiary alicyclic amines) is 2. The fraction of sp³-hybridized carbons (Fsp3) is 0.941. The van der Waals surface area contributed by atoms with Crippen LogP contribution in [0.4, 0.5) is 0 Å². The minimum atomic E-state index is 0.261. The zero-order valence-corrected chi connectivity index (χ0v) is 13.4. The van der Waals surface area contributed by atoms with Gasteiger partial charge >= 0.3 is 0 Å². The molecule has 2 N–H and O–H groups in total. The Morgan fingerprint density at radius 2 is 1.57 bits per heavy atom. The number of amides is 1. The van der Waals surface area contributed by atoms with Crippen molar-refractivity contribution in [2.45, 2.75) is 63.8 Å². The van der Waals surface area contributed by atoms with Gasteiger partial charge in [-0.25, -0.2) is 0 Å². The molecular formula is C17H31N3O. The van der Waals surface area contributed by atoms with E-state index in [0.29, 0.717) is 24.3 Å². The van der Waals surface area contributed by atoms with E-state index >= 15 is 0 Å². The van der Waals surface area contributed by atoms with E-state index < -0.39 is 0 Å². The molecule has 1 aliphatic carbocycles. The highest BCUT2D eigenvalue weighted by molar-refractivity contribution is 5.77. The van der Waals surface area contributed by atoms with Gasteiger partial charge in [0.15, 0.2) is 0 Å². The summed E-state index contributed by atoms with van der Waals surface area (Å²) in [5.41, 5.74) is 6.63. The standard InChI is InChI=1S/C17H31N3O/c18-14-15(13-16(21)20-9-3-4-10-20)19-11-7-17(8-12-19)5-1-2-6-17/h15H,1-14,18H2. The van der Waals surface area contributed by atoms with Crippen LogP contribution in [0.1, 0.15) is 57.8 Å². The second-order valence-electron chi connectivity index (χ2n) is 7.42. The second kappa shape index (κ2) is 6.66. The number of carbonyl (C=O) groups is 1. The third-order valence-corrected chi connectivity index (χ3v) is 6.18. The Hall–Kier alpha value is -0.610. The van der Waals surface area contributed by atoms with Gasteiger partial charge in [0.05, 0.1) is 0 Å². The van der Waals surface area contributed by atoms with Crippen molar-refractivity contribution < 1.29 is 4.79 Å². The van der Waals surface area contributed by atoms with Crippen LogP contribution in [-0.2, 0) is 4.79 Å². The highest BCUT2D eigenvalue weighted by atomic mass is 16.2. The van der Waals surface area contributed by atoms with Gasteiger partial charge in [-0.2, -0.15) is 0 Å². The van der Waals surface area contributed by atoms with Crippen LogP contribution in [-0.4, -0.2) is 54.5 Å². The molecule has 4 heteroatoms. The van der Waals surface area contributed by atoms with Gasteiger partial charge in [0, 0.05) is 32.1 Å². The number of carbonyl (C=O) groups excluding carboxylic acids is 1. The van der Waals surface area contributed by atoms with E-state index in [-0.39, 0.29) is 6.04 Å². The molecule has 3 rings (SSSR count). The van der Waals surface area contributed by atoms with Gasteiger partial charge < -0.3 is 10.6 Å². The van der Waals surface area contributed by atoms with E-state index in [9.17, 15) is 4.79 Å². The Kier molecular flexibility index (Phi) is 4.85. The topological polar surface area (TPSA) is 49.6 Å². The first kappa shape index (κ1) is 15.3. The molecule has 0 radical (unpaired) electrons. The molecule has 1 atom stereocenters. The molecule has 1 saturated carbocycles. The van der Waals surface area contributed by atoms with Crippen molar-refractivity contribution in [2.24, 2.45) is 11.1 Å². The van der Waals surface area contributed by atoms with Crippen molar-refractivity contribution in [3.8, 4) is 0 Å². The lowest BCUT2D eigenvalue weighted by molar-refractivity contribution is -0.131. The number of nitrogens with two attached hydrogens (primary N) is 1. The molecule has 4 nitrogen and oxygen atoms in total. The van der Waals surface area contributed by atoms with Crippen LogP contribution in [0, 0.1) is 5.41 Å². The van der Waals surface area contributed by atoms with E-state index in [4.69, 9.17) is 5.73 Å². The molecule has 0 aromatic rings. The molecule has 0 aromatic heterocycles. The van der Waals surface area contributed by atoms with E-state index in [1.54, 1.807) is 0 Å². The smallest absolute Gasteiger partial charge is 0.224 e. The molecule has 2 heterocycles. The zero-order chi connectivity index (χ0) is 14.7. The maximum absolute atomic E-state index is 12.4. The molecule has 120 valence electrons. The van der Waals surface area contributed by atoms with Crippen molar-refractivity contribution in [1.82, 2.24) is 9.80 Å². The summed E-state index contributed by atoms with van der Waals surface area (Å²) < 4.78 is 0. The SMILES string of the molecule is NCC(CC(=O)N1CCCC1)N1CCC2(CCCC2)CC1. The van der Waals surface area contributed by atoms with E-state index in [1.807, 2.05) is 4.90 Å². The predicted octanol–water partition coefficient (Wildman–Crippen LogP) is 1.98. The molecule has 0 bridgehead atoms. The van der Waals surface area contributed by atoms with Gasteiger partial charge in [0.25, 0.3) is 0 Å². The molecular weight excluding hydrogens is 262 g/mol. The fourth-order valence-electron chi connectivity index (χ4n) is 4.65. The molecule has 3 fully saturated rings. The molecule has 1 spiro atoms. The predicted molar refractivity (Wildman–Crippen MR) is 85.0 cm³/mol. The Morgan fingerprint density at radius 1 is 0.952 bits per heavy atom.